The lowest BCUT2D eigenvalue weighted by Gasteiger charge is -2.19. The number of carbonyl (C=O) groups is 2. The van der Waals surface area contributed by atoms with Gasteiger partial charge in [-0.15, -0.1) is 0 Å². The topological polar surface area (TPSA) is 58.6 Å². The van der Waals surface area contributed by atoms with Gasteiger partial charge in [0.15, 0.2) is 0 Å². The Hall–Kier alpha value is -2.89. The summed E-state index contributed by atoms with van der Waals surface area (Å²) < 4.78 is 18.5. The van der Waals surface area contributed by atoms with E-state index >= 15 is 0 Å². The maximum absolute atomic E-state index is 13.2. The third kappa shape index (κ3) is 3.47. The van der Waals surface area contributed by atoms with Gasteiger partial charge in [0.25, 0.3) is 0 Å². The number of para-hydroxylation sites is 2. The second-order valence-corrected chi connectivity index (χ2v) is 6.03. The fourth-order valence-corrected chi connectivity index (χ4v) is 2.97. The van der Waals surface area contributed by atoms with Gasteiger partial charge in [0.05, 0.1) is 18.7 Å². The highest BCUT2D eigenvalue weighted by atomic mass is 19.1. The SMILES string of the molecule is COc1ccccc1N1CC(C(=O)Nc2ccc(F)cc2C)CC1=O. The third-order valence-corrected chi connectivity index (χ3v) is 4.32. The zero-order chi connectivity index (χ0) is 18.0. The van der Waals surface area contributed by atoms with Crippen molar-refractivity contribution in [3.63, 3.8) is 0 Å². The first-order chi connectivity index (χ1) is 12.0. The van der Waals surface area contributed by atoms with Crippen molar-refractivity contribution in [3.05, 3.63) is 53.8 Å². The standard InChI is InChI=1S/C19H19FN2O3/c1-12-9-14(20)7-8-15(12)21-19(24)13-10-18(23)22(11-13)16-5-3-4-6-17(16)25-2/h3-9,13H,10-11H2,1-2H3,(H,21,24). The van der Waals surface area contributed by atoms with Crippen LogP contribution in [0.25, 0.3) is 0 Å². The fraction of sp³-hybridized carbons (Fsp3) is 0.263. The molecule has 2 aromatic carbocycles. The van der Waals surface area contributed by atoms with Crippen molar-refractivity contribution in [2.24, 2.45) is 5.92 Å². The smallest absolute Gasteiger partial charge is 0.229 e. The van der Waals surface area contributed by atoms with Gasteiger partial charge in [-0.05, 0) is 42.8 Å². The van der Waals surface area contributed by atoms with Gasteiger partial charge in [-0.2, -0.15) is 0 Å². The quantitative estimate of drug-likeness (QED) is 0.929. The second-order valence-electron chi connectivity index (χ2n) is 6.03. The minimum absolute atomic E-state index is 0.125. The van der Waals surface area contributed by atoms with Crippen LogP contribution in [0.5, 0.6) is 5.75 Å². The predicted octanol–water partition coefficient (Wildman–Crippen LogP) is 3.13. The Balaban J connectivity index is 1.74. The van der Waals surface area contributed by atoms with E-state index < -0.39 is 5.92 Å². The van der Waals surface area contributed by atoms with E-state index in [9.17, 15) is 14.0 Å². The van der Waals surface area contributed by atoms with Crippen LogP contribution in [0, 0.1) is 18.7 Å². The Kier molecular flexibility index (Phi) is 4.70. The number of carbonyl (C=O) groups excluding carboxylic acids is 2. The summed E-state index contributed by atoms with van der Waals surface area (Å²) in [6.45, 7) is 2.00. The summed E-state index contributed by atoms with van der Waals surface area (Å²) >= 11 is 0. The number of aryl methyl sites for hydroxylation is 1. The van der Waals surface area contributed by atoms with Crippen molar-refractivity contribution in [1.29, 1.82) is 0 Å². The summed E-state index contributed by atoms with van der Waals surface area (Å²) in [5.41, 5.74) is 1.84. The van der Waals surface area contributed by atoms with Crippen LogP contribution >= 0.6 is 0 Å². The minimum atomic E-state index is -0.470. The Bertz CT molecular complexity index is 822. The molecule has 1 aliphatic rings. The lowest BCUT2D eigenvalue weighted by molar-refractivity contribution is -0.122. The molecule has 130 valence electrons. The second kappa shape index (κ2) is 6.93. The van der Waals surface area contributed by atoms with Gasteiger partial charge in [0.1, 0.15) is 11.6 Å². The molecular weight excluding hydrogens is 323 g/mol. The third-order valence-electron chi connectivity index (χ3n) is 4.32. The summed E-state index contributed by atoms with van der Waals surface area (Å²) in [5.74, 6) is -0.608. The highest BCUT2D eigenvalue weighted by molar-refractivity contribution is 6.04. The Morgan fingerprint density at radius 3 is 2.76 bits per heavy atom. The summed E-state index contributed by atoms with van der Waals surface area (Å²) in [6, 6.07) is 11.4. The molecule has 2 aromatic rings. The first-order valence-corrected chi connectivity index (χ1v) is 8.00. The number of amides is 2. The Labute approximate surface area is 145 Å². The first kappa shape index (κ1) is 17.0. The van der Waals surface area contributed by atoms with E-state index in [1.54, 1.807) is 31.1 Å². The molecule has 0 saturated carbocycles. The highest BCUT2D eigenvalue weighted by Gasteiger charge is 2.36. The summed E-state index contributed by atoms with van der Waals surface area (Å²) in [7, 11) is 1.54. The molecule has 1 saturated heterocycles. The van der Waals surface area contributed by atoms with E-state index in [0.29, 0.717) is 22.7 Å². The summed E-state index contributed by atoms with van der Waals surface area (Å²) in [4.78, 5) is 26.4. The molecule has 0 spiro atoms. The maximum atomic E-state index is 13.2. The molecule has 1 N–H and O–H groups in total. The number of anilines is 2. The van der Waals surface area contributed by atoms with E-state index in [1.807, 2.05) is 12.1 Å². The lowest BCUT2D eigenvalue weighted by atomic mass is 10.1. The minimum Gasteiger partial charge on any atom is -0.495 e. The molecular formula is C19H19FN2O3. The molecule has 0 aliphatic carbocycles. The first-order valence-electron chi connectivity index (χ1n) is 8.00. The molecule has 0 aromatic heterocycles. The number of ether oxygens (including phenoxy) is 1. The monoisotopic (exact) mass is 342 g/mol. The number of methoxy groups -OCH3 is 1. The average Bonchev–Trinajstić information content (AvgIpc) is 2.99. The number of halogens is 1. The zero-order valence-corrected chi connectivity index (χ0v) is 14.1. The molecule has 3 rings (SSSR count). The molecule has 1 atom stereocenters. The molecule has 1 heterocycles. The number of hydrogen-bond donors (Lipinski definition) is 1. The van der Waals surface area contributed by atoms with E-state index in [0.717, 1.165) is 0 Å². The van der Waals surface area contributed by atoms with Gasteiger partial charge in [-0.3, -0.25) is 9.59 Å². The largest absolute Gasteiger partial charge is 0.495 e. The van der Waals surface area contributed by atoms with Crippen LogP contribution in [0.2, 0.25) is 0 Å². The van der Waals surface area contributed by atoms with Gasteiger partial charge < -0.3 is 15.0 Å². The van der Waals surface area contributed by atoms with E-state index in [2.05, 4.69) is 5.32 Å². The number of hydrogen-bond acceptors (Lipinski definition) is 3. The molecule has 25 heavy (non-hydrogen) atoms. The van der Waals surface area contributed by atoms with E-state index in [1.165, 1.54) is 18.2 Å². The molecule has 2 amide bonds. The Morgan fingerprint density at radius 2 is 2.04 bits per heavy atom. The lowest BCUT2D eigenvalue weighted by Crippen LogP contribution is -2.28. The number of rotatable bonds is 4. The van der Waals surface area contributed by atoms with E-state index in [4.69, 9.17) is 4.74 Å². The van der Waals surface area contributed by atoms with Crippen LogP contribution in [0.1, 0.15) is 12.0 Å². The van der Waals surface area contributed by atoms with Crippen LogP contribution in [0.15, 0.2) is 42.5 Å². The van der Waals surface area contributed by atoms with Crippen molar-refractivity contribution in [2.75, 3.05) is 23.9 Å². The predicted molar refractivity (Wildman–Crippen MR) is 93.2 cm³/mol. The van der Waals surface area contributed by atoms with Crippen molar-refractivity contribution in [1.82, 2.24) is 0 Å². The van der Waals surface area contributed by atoms with Gasteiger partial charge in [0, 0.05) is 18.7 Å². The van der Waals surface area contributed by atoms with Crippen LogP contribution in [-0.4, -0.2) is 25.5 Å². The zero-order valence-electron chi connectivity index (χ0n) is 14.1. The average molecular weight is 342 g/mol. The Morgan fingerprint density at radius 1 is 1.28 bits per heavy atom. The van der Waals surface area contributed by atoms with Crippen LogP contribution in [-0.2, 0) is 9.59 Å². The summed E-state index contributed by atoms with van der Waals surface area (Å²) in [5, 5.41) is 2.78. The molecule has 6 heteroatoms. The van der Waals surface area contributed by atoms with Crippen molar-refractivity contribution >= 4 is 23.2 Å². The fourth-order valence-electron chi connectivity index (χ4n) is 2.97. The molecule has 5 nitrogen and oxygen atoms in total. The summed E-state index contributed by atoms with van der Waals surface area (Å²) in [6.07, 6.45) is 0.129. The molecule has 1 fully saturated rings. The van der Waals surface area contributed by atoms with E-state index in [-0.39, 0.29) is 30.6 Å². The molecule has 1 aliphatic heterocycles. The molecule has 0 bridgehead atoms. The highest BCUT2D eigenvalue weighted by Crippen LogP contribution is 2.33. The van der Waals surface area contributed by atoms with Crippen LogP contribution in [0.3, 0.4) is 0 Å². The normalized spacial score (nSPS) is 16.8. The van der Waals surface area contributed by atoms with Crippen LogP contribution < -0.4 is 15.0 Å². The van der Waals surface area contributed by atoms with Gasteiger partial charge >= 0.3 is 0 Å². The van der Waals surface area contributed by atoms with Crippen molar-refractivity contribution in [2.45, 2.75) is 13.3 Å². The maximum Gasteiger partial charge on any atom is 0.229 e. The van der Waals surface area contributed by atoms with Gasteiger partial charge in [-0.25, -0.2) is 4.39 Å². The van der Waals surface area contributed by atoms with Crippen molar-refractivity contribution < 1.29 is 18.7 Å². The number of nitrogens with one attached hydrogen (secondary N) is 1. The van der Waals surface area contributed by atoms with Crippen molar-refractivity contribution in [3.8, 4) is 5.75 Å². The number of nitrogens with zero attached hydrogens (tertiary/aromatic N) is 1. The van der Waals surface area contributed by atoms with Crippen LogP contribution in [0.4, 0.5) is 15.8 Å². The van der Waals surface area contributed by atoms with Gasteiger partial charge in [-0.1, -0.05) is 12.1 Å². The molecule has 1 unspecified atom stereocenters. The number of benzene rings is 2. The van der Waals surface area contributed by atoms with Gasteiger partial charge in [0.2, 0.25) is 11.8 Å². The molecule has 0 radical (unpaired) electrons.